The van der Waals surface area contributed by atoms with E-state index < -0.39 is 5.91 Å². The normalized spacial score (nSPS) is 12.5. The fourth-order valence-corrected chi connectivity index (χ4v) is 3.61. The molecule has 4 rings (SSSR count). The van der Waals surface area contributed by atoms with Crippen molar-refractivity contribution >= 4 is 35.1 Å². The van der Waals surface area contributed by atoms with Crippen molar-refractivity contribution in [3.05, 3.63) is 76.9 Å². The van der Waals surface area contributed by atoms with Crippen LogP contribution in [0.5, 0.6) is 0 Å². The van der Waals surface area contributed by atoms with Gasteiger partial charge in [-0.05, 0) is 37.3 Å². The summed E-state index contributed by atoms with van der Waals surface area (Å²) in [6, 6.07) is 10.2. The molecule has 1 aromatic carbocycles. The number of benzene rings is 1. The lowest BCUT2D eigenvalue weighted by atomic mass is 10.1. The second-order valence-corrected chi connectivity index (χ2v) is 8.33. The zero-order chi connectivity index (χ0) is 23.6. The fourth-order valence-electron chi connectivity index (χ4n) is 2.83. The molecule has 2 aromatic heterocycles. The summed E-state index contributed by atoms with van der Waals surface area (Å²) < 4.78 is 5.18. The Bertz CT molecular complexity index is 1180. The third-order valence-electron chi connectivity index (χ3n) is 4.58. The molecule has 1 aliphatic rings. The number of anilines is 2. The number of hydrogen-bond acceptors (Lipinski definition) is 7. The molecule has 0 unspecified atom stereocenters. The van der Waals surface area contributed by atoms with Gasteiger partial charge in [-0.3, -0.25) is 9.59 Å². The average molecular weight is 464 g/mol. The summed E-state index contributed by atoms with van der Waals surface area (Å²) in [5.41, 5.74) is 13.6. The molecule has 1 saturated heterocycles. The number of aryl methyl sites for hydroxylation is 1. The van der Waals surface area contributed by atoms with Gasteiger partial charge in [-0.2, -0.15) is 11.8 Å². The van der Waals surface area contributed by atoms with Gasteiger partial charge in [-0.1, -0.05) is 17.9 Å². The summed E-state index contributed by atoms with van der Waals surface area (Å²) in [4.78, 5) is 27.4. The summed E-state index contributed by atoms with van der Waals surface area (Å²) in [7, 11) is 0. The monoisotopic (exact) mass is 463 g/mol. The Hall–Kier alpha value is -3.74. The van der Waals surface area contributed by atoms with Crippen molar-refractivity contribution in [1.29, 1.82) is 0 Å². The average Bonchev–Trinajstić information content (AvgIpc) is 3.26. The number of thioether (sulfide) groups is 1. The van der Waals surface area contributed by atoms with E-state index in [1.54, 1.807) is 37.3 Å². The number of carbonyl (C=O) groups is 2. The van der Waals surface area contributed by atoms with Gasteiger partial charge < -0.3 is 26.5 Å². The molecular formula is C24H25N5O3S. The number of carbonyl (C=O) groups excluding carboxylic acids is 2. The van der Waals surface area contributed by atoms with Gasteiger partial charge in [0.15, 0.2) is 5.76 Å². The highest BCUT2D eigenvalue weighted by atomic mass is 32.2. The topological polar surface area (TPSA) is 136 Å². The van der Waals surface area contributed by atoms with Crippen molar-refractivity contribution in [1.82, 2.24) is 10.3 Å². The number of aromatic nitrogens is 1. The summed E-state index contributed by atoms with van der Waals surface area (Å²) in [5.74, 6) is 7.91. The van der Waals surface area contributed by atoms with Crippen molar-refractivity contribution in [2.45, 2.75) is 6.92 Å². The van der Waals surface area contributed by atoms with E-state index in [0.717, 1.165) is 5.56 Å². The number of nitrogen functional groups attached to an aromatic ring is 1. The number of nitrogens with zero attached hydrogens (tertiary/aromatic N) is 1. The summed E-state index contributed by atoms with van der Waals surface area (Å²) in [6.45, 7) is 4.22. The minimum atomic E-state index is -0.608. The van der Waals surface area contributed by atoms with Crippen LogP contribution in [0.15, 0.2) is 53.3 Å². The van der Waals surface area contributed by atoms with Gasteiger partial charge >= 0.3 is 0 Å². The summed E-state index contributed by atoms with van der Waals surface area (Å²) in [6.07, 6.45) is 2.76. The van der Waals surface area contributed by atoms with Crippen LogP contribution in [0.3, 0.4) is 0 Å². The Morgan fingerprint density at radius 1 is 1.18 bits per heavy atom. The number of primary amides is 1. The molecule has 1 fully saturated rings. The van der Waals surface area contributed by atoms with E-state index in [-0.39, 0.29) is 23.0 Å². The van der Waals surface area contributed by atoms with Gasteiger partial charge in [0, 0.05) is 47.6 Å². The summed E-state index contributed by atoms with van der Waals surface area (Å²) >= 11 is 2.03. The van der Waals surface area contributed by atoms with Gasteiger partial charge in [0.05, 0.1) is 17.4 Å². The number of furan rings is 1. The maximum atomic E-state index is 12.2. The zero-order valence-corrected chi connectivity index (χ0v) is 19.0. The van der Waals surface area contributed by atoms with Crippen LogP contribution in [0.2, 0.25) is 0 Å². The van der Waals surface area contributed by atoms with Crippen molar-refractivity contribution in [3.8, 4) is 11.8 Å². The van der Waals surface area contributed by atoms with Gasteiger partial charge in [-0.25, -0.2) is 4.98 Å². The van der Waals surface area contributed by atoms with E-state index in [1.165, 1.54) is 43.1 Å². The minimum absolute atomic E-state index is 0.199. The quantitative estimate of drug-likeness (QED) is 0.438. The maximum Gasteiger partial charge on any atom is 0.291 e. The smallest absolute Gasteiger partial charge is 0.291 e. The molecule has 1 aliphatic heterocycles. The zero-order valence-electron chi connectivity index (χ0n) is 18.2. The molecule has 33 heavy (non-hydrogen) atoms. The fraction of sp³-hybridized carbons (Fsp3) is 0.208. The lowest BCUT2D eigenvalue weighted by Crippen LogP contribution is -2.24. The molecule has 0 saturated carbocycles. The van der Waals surface area contributed by atoms with Crippen molar-refractivity contribution in [2.24, 2.45) is 5.73 Å². The van der Waals surface area contributed by atoms with Gasteiger partial charge in [0.1, 0.15) is 5.82 Å². The molecule has 0 atom stereocenters. The molecule has 0 aliphatic carbocycles. The highest BCUT2D eigenvalue weighted by Gasteiger charge is 2.12. The van der Waals surface area contributed by atoms with Crippen LogP contribution < -0.4 is 22.1 Å². The van der Waals surface area contributed by atoms with Crippen LogP contribution >= 0.6 is 11.8 Å². The standard InChI is InChI=1S/C20H16N4O3.C4H9NS/c1-12-7-8-27-17(12)20(26)24-16-4-2-3-13(9-16)5-6-14-10-15(19(22)25)11-23-18(14)21;1-3-6-4-2-5-1/h2-4,7-11H,1H3,(H2,21,23)(H2,22,25)(H,24,26);5H,1-4H2. The predicted octanol–water partition coefficient (Wildman–Crippen LogP) is 2.64. The minimum Gasteiger partial charge on any atom is -0.459 e. The van der Waals surface area contributed by atoms with E-state index in [2.05, 4.69) is 27.5 Å². The van der Waals surface area contributed by atoms with Gasteiger partial charge in [-0.15, -0.1) is 0 Å². The highest BCUT2D eigenvalue weighted by molar-refractivity contribution is 7.99. The van der Waals surface area contributed by atoms with Crippen molar-refractivity contribution < 1.29 is 14.0 Å². The lowest BCUT2D eigenvalue weighted by Gasteiger charge is -2.08. The number of amides is 2. The van der Waals surface area contributed by atoms with Gasteiger partial charge in [0.2, 0.25) is 5.91 Å². The van der Waals surface area contributed by atoms with Crippen LogP contribution in [-0.2, 0) is 0 Å². The van der Waals surface area contributed by atoms with Crippen LogP contribution in [0.25, 0.3) is 0 Å². The van der Waals surface area contributed by atoms with E-state index in [9.17, 15) is 9.59 Å². The molecule has 2 amide bonds. The first kappa shape index (κ1) is 23.9. The second-order valence-electron chi connectivity index (χ2n) is 7.10. The van der Waals surface area contributed by atoms with Crippen LogP contribution in [0, 0.1) is 18.8 Å². The van der Waals surface area contributed by atoms with E-state index in [4.69, 9.17) is 15.9 Å². The Labute approximate surface area is 196 Å². The molecule has 0 bridgehead atoms. The first-order chi connectivity index (χ1) is 15.9. The van der Waals surface area contributed by atoms with E-state index in [0.29, 0.717) is 16.8 Å². The number of rotatable bonds is 3. The Balaban J connectivity index is 0.000000442. The molecule has 170 valence electrons. The maximum absolute atomic E-state index is 12.2. The van der Waals surface area contributed by atoms with Crippen molar-refractivity contribution in [2.75, 3.05) is 35.6 Å². The first-order valence-corrected chi connectivity index (χ1v) is 11.4. The molecule has 0 spiro atoms. The lowest BCUT2D eigenvalue weighted by molar-refractivity contribution is 0.0989. The molecule has 3 aromatic rings. The Morgan fingerprint density at radius 2 is 1.97 bits per heavy atom. The molecular weight excluding hydrogens is 438 g/mol. The number of nitrogens with one attached hydrogen (secondary N) is 2. The molecule has 0 radical (unpaired) electrons. The van der Waals surface area contributed by atoms with Crippen LogP contribution in [0.1, 0.15) is 37.6 Å². The second kappa shape index (κ2) is 11.8. The number of nitrogens with two attached hydrogens (primary N) is 2. The highest BCUT2D eigenvalue weighted by Crippen LogP contribution is 2.15. The van der Waals surface area contributed by atoms with E-state index in [1.807, 2.05) is 11.8 Å². The summed E-state index contributed by atoms with van der Waals surface area (Å²) in [5, 5.41) is 6.02. The largest absolute Gasteiger partial charge is 0.459 e. The first-order valence-electron chi connectivity index (χ1n) is 10.3. The molecule has 3 heterocycles. The Morgan fingerprint density at radius 3 is 2.58 bits per heavy atom. The molecule has 8 nitrogen and oxygen atoms in total. The Kier molecular flexibility index (Phi) is 8.52. The SMILES string of the molecule is C1CSCCN1.Cc1ccoc1C(=O)Nc1cccc(C#Cc2cc(C(N)=O)cnc2N)c1. The number of pyridine rings is 1. The van der Waals surface area contributed by atoms with Crippen LogP contribution in [-0.4, -0.2) is 41.4 Å². The predicted molar refractivity (Wildman–Crippen MR) is 131 cm³/mol. The number of hydrogen-bond donors (Lipinski definition) is 4. The third kappa shape index (κ3) is 7.14. The van der Waals surface area contributed by atoms with Gasteiger partial charge in [0.25, 0.3) is 5.91 Å². The molecule has 6 N–H and O–H groups in total. The van der Waals surface area contributed by atoms with Crippen molar-refractivity contribution in [3.63, 3.8) is 0 Å². The molecule has 9 heteroatoms. The third-order valence-corrected chi connectivity index (χ3v) is 5.57. The van der Waals surface area contributed by atoms with Crippen LogP contribution in [0.4, 0.5) is 11.5 Å². The van der Waals surface area contributed by atoms with E-state index >= 15 is 0 Å².